The number of piperidine rings is 1. The number of fused-ring (bicyclic) bond motifs is 3. The molecule has 216 valence electrons. The van der Waals surface area contributed by atoms with E-state index in [4.69, 9.17) is 0 Å². The highest BCUT2D eigenvalue weighted by Crippen LogP contribution is 2.61. The maximum Gasteiger partial charge on any atom is 0.157 e. The van der Waals surface area contributed by atoms with E-state index in [-0.39, 0.29) is 29.0 Å². The molecule has 1 spiro atoms. The fourth-order valence-electron chi connectivity index (χ4n) is 9.58. The summed E-state index contributed by atoms with van der Waals surface area (Å²) in [5, 5.41) is 37.6. The van der Waals surface area contributed by atoms with Crippen molar-refractivity contribution < 1.29 is 15.3 Å². The number of aromatic hydroxyl groups is 2. The SMILES string of the molecule is Oc1cc2c(cc1O)[C@@H](C1=C[C@@]3(O)CC/C=C\CCCCN4CC[C@@H]1[C@]1(C[C@@H]5/C=C\CCCCN5[C@H]13)C4)NCC2. The van der Waals surface area contributed by atoms with Gasteiger partial charge in [-0.15, -0.1) is 0 Å². The van der Waals surface area contributed by atoms with Crippen LogP contribution in [0.25, 0.3) is 0 Å². The fraction of sp³-hybridized carbons (Fsp3) is 0.647. The molecule has 4 N–H and O–H groups in total. The summed E-state index contributed by atoms with van der Waals surface area (Å²) in [7, 11) is 0. The lowest BCUT2D eigenvalue weighted by Gasteiger charge is -2.59. The van der Waals surface area contributed by atoms with Crippen molar-refractivity contribution in [3.8, 4) is 11.5 Å². The van der Waals surface area contributed by atoms with Crippen LogP contribution in [0.1, 0.15) is 81.4 Å². The third kappa shape index (κ3) is 4.46. The Morgan fingerprint density at radius 2 is 1.70 bits per heavy atom. The zero-order chi connectivity index (χ0) is 27.3. The summed E-state index contributed by atoms with van der Waals surface area (Å²) in [4.78, 5) is 5.44. The molecule has 6 heteroatoms. The summed E-state index contributed by atoms with van der Waals surface area (Å²) < 4.78 is 0. The van der Waals surface area contributed by atoms with Gasteiger partial charge < -0.3 is 25.5 Å². The van der Waals surface area contributed by atoms with Gasteiger partial charge >= 0.3 is 0 Å². The Balaban J connectivity index is 1.39. The molecule has 0 radical (unpaired) electrons. The number of phenolic OH excluding ortho intramolecular Hbond substituents is 2. The van der Waals surface area contributed by atoms with Gasteiger partial charge in [-0.1, -0.05) is 30.4 Å². The Hall–Kier alpha value is -2.12. The molecule has 1 unspecified atom stereocenters. The monoisotopic (exact) mass is 545 g/mol. The number of benzene rings is 1. The maximum absolute atomic E-state index is 13.0. The molecule has 7 atom stereocenters. The first-order valence-electron chi connectivity index (χ1n) is 16.0. The van der Waals surface area contributed by atoms with E-state index in [2.05, 4.69) is 45.5 Å². The minimum absolute atomic E-state index is 0.0214. The predicted octanol–water partition coefficient (Wildman–Crippen LogP) is 4.97. The molecular weight excluding hydrogens is 498 g/mol. The standard InChI is InChI=1S/C34H47N3O3/c38-29-19-24-12-15-35-31(26(24)20-30(29)39)27-22-34(40)14-8-4-1-2-5-9-16-36-18-13-28(27)33(23-36)21-25-11-7-3-6-10-17-37(25)32(33)34/h1,4,7,11,19-20,22,25,28,31-32,35,38-40H,2-3,5-6,8-10,12-18,21,23H2/b4-1-,11-7-/t25-,28-,31-,32+,33-,34-/m0/s1. The lowest BCUT2D eigenvalue weighted by Crippen LogP contribution is -2.66. The third-order valence-corrected chi connectivity index (χ3v) is 11.1. The van der Waals surface area contributed by atoms with Crippen molar-refractivity contribution in [1.29, 1.82) is 0 Å². The van der Waals surface area contributed by atoms with Gasteiger partial charge in [-0.2, -0.15) is 0 Å². The first-order valence-corrected chi connectivity index (χ1v) is 16.0. The van der Waals surface area contributed by atoms with Crippen LogP contribution in [-0.2, 0) is 6.42 Å². The number of nitrogens with one attached hydrogen (secondary N) is 1. The van der Waals surface area contributed by atoms with Crippen LogP contribution in [0.4, 0.5) is 0 Å². The van der Waals surface area contributed by atoms with Crippen LogP contribution in [0.3, 0.4) is 0 Å². The molecule has 3 bridgehead atoms. The number of hydrogen-bond acceptors (Lipinski definition) is 6. The van der Waals surface area contributed by atoms with Gasteiger partial charge in [0.05, 0.1) is 17.7 Å². The first kappa shape index (κ1) is 26.8. The van der Waals surface area contributed by atoms with Gasteiger partial charge in [0.15, 0.2) is 11.5 Å². The predicted molar refractivity (Wildman–Crippen MR) is 158 cm³/mol. The van der Waals surface area contributed by atoms with E-state index < -0.39 is 5.60 Å². The highest BCUT2D eigenvalue weighted by Gasteiger charge is 2.66. The molecule has 6 aliphatic rings. The molecule has 0 aromatic heterocycles. The van der Waals surface area contributed by atoms with Crippen molar-refractivity contribution in [1.82, 2.24) is 15.1 Å². The molecule has 5 aliphatic heterocycles. The van der Waals surface area contributed by atoms with Crippen LogP contribution >= 0.6 is 0 Å². The zero-order valence-corrected chi connectivity index (χ0v) is 23.9. The lowest BCUT2D eigenvalue weighted by molar-refractivity contribution is -0.0983. The Labute approximate surface area is 239 Å². The van der Waals surface area contributed by atoms with Crippen molar-refractivity contribution in [2.75, 3.05) is 32.7 Å². The summed E-state index contributed by atoms with van der Waals surface area (Å²) in [5.41, 5.74) is 2.54. The second kappa shape index (κ2) is 10.6. The maximum atomic E-state index is 13.0. The molecule has 2 saturated heterocycles. The number of phenols is 2. The van der Waals surface area contributed by atoms with Gasteiger partial charge in [-0.3, -0.25) is 4.90 Å². The third-order valence-electron chi connectivity index (χ3n) is 11.1. The molecule has 7 rings (SSSR count). The van der Waals surface area contributed by atoms with Crippen LogP contribution in [0, 0.1) is 11.3 Å². The highest BCUT2D eigenvalue weighted by molar-refractivity contribution is 5.51. The first-order chi connectivity index (χ1) is 19.5. The molecule has 1 aromatic carbocycles. The van der Waals surface area contributed by atoms with Crippen molar-refractivity contribution >= 4 is 0 Å². The average molecular weight is 546 g/mol. The van der Waals surface area contributed by atoms with E-state index in [0.717, 1.165) is 88.8 Å². The Bertz CT molecular complexity index is 1210. The number of hydrogen-bond donors (Lipinski definition) is 4. The number of rotatable bonds is 1. The van der Waals surface area contributed by atoms with Crippen molar-refractivity contribution in [2.45, 2.75) is 94.4 Å². The lowest BCUT2D eigenvalue weighted by atomic mass is 9.54. The summed E-state index contributed by atoms with van der Waals surface area (Å²) in [6.45, 7) is 5.19. The molecule has 2 fully saturated rings. The smallest absolute Gasteiger partial charge is 0.157 e. The van der Waals surface area contributed by atoms with E-state index in [1.54, 1.807) is 12.1 Å². The van der Waals surface area contributed by atoms with Gasteiger partial charge in [-0.05, 0) is 125 Å². The van der Waals surface area contributed by atoms with E-state index >= 15 is 0 Å². The summed E-state index contributed by atoms with van der Waals surface area (Å²) >= 11 is 0. The molecule has 40 heavy (non-hydrogen) atoms. The Morgan fingerprint density at radius 1 is 0.900 bits per heavy atom. The van der Waals surface area contributed by atoms with Gasteiger partial charge in [0, 0.05) is 24.5 Å². The van der Waals surface area contributed by atoms with Crippen molar-refractivity contribution in [3.63, 3.8) is 0 Å². The highest BCUT2D eigenvalue weighted by atomic mass is 16.3. The van der Waals surface area contributed by atoms with E-state index in [1.807, 2.05) is 0 Å². The largest absolute Gasteiger partial charge is 0.504 e. The minimum atomic E-state index is -0.923. The van der Waals surface area contributed by atoms with Crippen LogP contribution in [0.2, 0.25) is 0 Å². The van der Waals surface area contributed by atoms with Gasteiger partial charge in [0.25, 0.3) is 0 Å². The van der Waals surface area contributed by atoms with Gasteiger partial charge in [0.1, 0.15) is 0 Å². The van der Waals surface area contributed by atoms with Crippen LogP contribution in [0.15, 0.2) is 48.1 Å². The molecule has 1 aliphatic carbocycles. The molecule has 0 saturated carbocycles. The molecule has 0 amide bonds. The van der Waals surface area contributed by atoms with Crippen LogP contribution in [-0.4, -0.2) is 75.5 Å². The second-order valence-electron chi connectivity index (χ2n) is 13.5. The van der Waals surface area contributed by atoms with E-state index in [1.165, 1.54) is 31.3 Å². The summed E-state index contributed by atoms with van der Waals surface area (Å²) in [5.74, 6) is 0.277. The van der Waals surface area contributed by atoms with Gasteiger partial charge in [-0.25, -0.2) is 0 Å². The molecule has 5 heterocycles. The van der Waals surface area contributed by atoms with Gasteiger partial charge in [0.2, 0.25) is 0 Å². The number of nitrogens with zero attached hydrogens (tertiary/aromatic N) is 2. The summed E-state index contributed by atoms with van der Waals surface area (Å²) in [6.07, 6.45) is 23.6. The number of aliphatic hydroxyl groups is 1. The fourth-order valence-corrected chi connectivity index (χ4v) is 9.58. The van der Waals surface area contributed by atoms with Crippen molar-refractivity contribution in [2.24, 2.45) is 11.3 Å². The normalized spacial score (nSPS) is 41.5. The van der Waals surface area contributed by atoms with E-state index in [0.29, 0.717) is 12.0 Å². The Morgan fingerprint density at radius 3 is 2.60 bits per heavy atom. The van der Waals surface area contributed by atoms with E-state index in [9.17, 15) is 15.3 Å². The summed E-state index contributed by atoms with van der Waals surface area (Å²) in [6, 6.07) is 3.96. The minimum Gasteiger partial charge on any atom is -0.504 e. The zero-order valence-electron chi connectivity index (χ0n) is 23.9. The van der Waals surface area contributed by atoms with Crippen LogP contribution in [0.5, 0.6) is 11.5 Å². The quantitative estimate of drug-likeness (QED) is 0.295. The second-order valence-corrected chi connectivity index (χ2v) is 13.5. The van der Waals surface area contributed by atoms with Crippen molar-refractivity contribution in [3.05, 3.63) is 59.2 Å². The molecule has 1 aromatic rings. The number of allylic oxidation sites excluding steroid dienone is 3. The Kier molecular flexibility index (Phi) is 7.10. The molecular formula is C34H47N3O3. The molecule has 6 nitrogen and oxygen atoms in total. The average Bonchev–Trinajstić information content (AvgIpc) is 3.22. The topological polar surface area (TPSA) is 79.2 Å². The van der Waals surface area contributed by atoms with Crippen LogP contribution < -0.4 is 5.32 Å².